The van der Waals surface area contributed by atoms with E-state index in [0.717, 1.165) is 6.42 Å². The zero-order valence-corrected chi connectivity index (χ0v) is 10.8. The van der Waals surface area contributed by atoms with Crippen LogP contribution >= 0.6 is 12.4 Å². The van der Waals surface area contributed by atoms with Crippen molar-refractivity contribution in [1.82, 2.24) is 5.32 Å². The third-order valence-corrected chi connectivity index (χ3v) is 2.17. The van der Waals surface area contributed by atoms with Gasteiger partial charge in [0.15, 0.2) is 0 Å². The summed E-state index contributed by atoms with van der Waals surface area (Å²) in [5.41, 5.74) is 5.59. The molecule has 16 heavy (non-hydrogen) atoms. The highest BCUT2D eigenvalue weighted by Gasteiger charge is 2.14. The zero-order valence-electron chi connectivity index (χ0n) is 9.95. The first kappa shape index (κ1) is 17.6. The van der Waals surface area contributed by atoms with Crippen LogP contribution in [0.5, 0.6) is 0 Å². The summed E-state index contributed by atoms with van der Waals surface area (Å²) in [6.07, 6.45) is 5.71. The average Bonchev–Trinajstić information content (AvgIpc) is 2.16. The van der Waals surface area contributed by atoms with E-state index in [4.69, 9.17) is 5.73 Å². The van der Waals surface area contributed by atoms with E-state index in [2.05, 4.69) is 18.5 Å². The monoisotopic (exact) mass is 246 g/mol. The smallest absolute Gasteiger partial charge is 0.223 e. The molecule has 0 saturated carbocycles. The molecule has 0 aromatic heterocycles. The number of allylic oxidation sites excluding steroid dienone is 2. The summed E-state index contributed by atoms with van der Waals surface area (Å²) < 4.78 is 0. The molecule has 0 heterocycles. The average molecular weight is 247 g/mol. The van der Waals surface area contributed by atoms with E-state index in [1.165, 1.54) is 0 Å². The van der Waals surface area contributed by atoms with Crippen molar-refractivity contribution in [2.75, 3.05) is 6.54 Å². The van der Waals surface area contributed by atoms with Gasteiger partial charge < -0.3 is 11.1 Å². The van der Waals surface area contributed by atoms with Crippen LogP contribution in [0.3, 0.4) is 0 Å². The van der Waals surface area contributed by atoms with Crippen LogP contribution in [-0.4, -0.2) is 18.5 Å². The van der Waals surface area contributed by atoms with Gasteiger partial charge >= 0.3 is 0 Å². The molecule has 1 unspecified atom stereocenters. The Morgan fingerprint density at radius 2 is 1.88 bits per heavy atom. The Bertz CT molecular complexity index is 207. The minimum absolute atomic E-state index is 0. The summed E-state index contributed by atoms with van der Waals surface area (Å²) in [4.78, 5) is 11.7. The molecule has 0 fully saturated rings. The number of halogens is 1. The molecular weight excluding hydrogens is 224 g/mol. The van der Waals surface area contributed by atoms with Gasteiger partial charge in [0.2, 0.25) is 5.91 Å². The van der Waals surface area contributed by atoms with Gasteiger partial charge in [-0.25, -0.2) is 0 Å². The van der Waals surface area contributed by atoms with Gasteiger partial charge in [0, 0.05) is 18.5 Å². The van der Waals surface area contributed by atoms with Crippen LogP contribution in [0.1, 0.15) is 26.2 Å². The van der Waals surface area contributed by atoms with Gasteiger partial charge in [0.05, 0.1) is 0 Å². The second-order valence-corrected chi connectivity index (χ2v) is 3.80. The molecule has 0 aliphatic rings. The second kappa shape index (κ2) is 10.7. The Labute approximate surface area is 105 Å². The number of hydrogen-bond acceptors (Lipinski definition) is 2. The minimum atomic E-state index is -0.0342. The Morgan fingerprint density at radius 1 is 1.38 bits per heavy atom. The maximum absolute atomic E-state index is 11.7. The molecule has 1 atom stereocenters. The van der Waals surface area contributed by atoms with Crippen molar-refractivity contribution >= 4 is 18.3 Å². The van der Waals surface area contributed by atoms with Crippen LogP contribution in [-0.2, 0) is 4.79 Å². The van der Waals surface area contributed by atoms with E-state index < -0.39 is 0 Å². The van der Waals surface area contributed by atoms with Crippen LogP contribution in [0.15, 0.2) is 25.3 Å². The number of carbonyl (C=O) groups is 1. The van der Waals surface area contributed by atoms with Gasteiger partial charge in [0.1, 0.15) is 0 Å². The highest BCUT2D eigenvalue weighted by Crippen LogP contribution is 2.09. The maximum atomic E-state index is 11.7. The molecule has 0 saturated heterocycles. The minimum Gasteiger partial charge on any atom is -0.356 e. The van der Waals surface area contributed by atoms with E-state index in [1.54, 1.807) is 12.2 Å². The lowest BCUT2D eigenvalue weighted by molar-refractivity contribution is -0.124. The largest absolute Gasteiger partial charge is 0.356 e. The summed E-state index contributed by atoms with van der Waals surface area (Å²) in [5.74, 6) is 0.0310. The number of nitrogens with two attached hydrogens (primary N) is 1. The molecule has 0 bridgehead atoms. The first-order chi connectivity index (χ1) is 7.11. The van der Waals surface area contributed by atoms with E-state index in [-0.39, 0.29) is 30.3 Å². The number of rotatable bonds is 8. The summed E-state index contributed by atoms with van der Waals surface area (Å²) in [6, 6.07) is 0.127. The molecule has 0 rings (SSSR count). The highest BCUT2D eigenvalue weighted by atomic mass is 35.5. The van der Waals surface area contributed by atoms with Crippen LogP contribution in [0.25, 0.3) is 0 Å². The highest BCUT2D eigenvalue weighted by molar-refractivity contribution is 5.85. The number of hydrogen-bond donors (Lipinski definition) is 2. The standard InChI is InChI=1S/C12H22N2O.ClH/c1-4-6-11(7-5-2)12(15)14-9-8-10(3)13;/h4-5,10-11H,1-2,6-9,13H2,3H3,(H,14,15);1H. The topological polar surface area (TPSA) is 55.1 Å². The third-order valence-electron chi connectivity index (χ3n) is 2.17. The second-order valence-electron chi connectivity index (χ2n) is 3.80. The third kappa shape index (κ3) is 8.50. The molecule has 4 heteroatoms. The maximum Gasteiger partial charge on any atom is 0.223 e. The molecule has 94 valence electrons. The van der Waals surface area contributed by atoms with Gasteiger partial charge in [-0.1, -0.05) is 12.2 Å². The first-order valence-electron chi connectivity index (χ1n) is 5.36. The summed E-state index contributed by atoms with van der Waals surface area (Å²) in [7, 11) is 0. The van der Waals surface area contributed by atoms with Crippen molar-refractivity contribution in [1.29, 1.82) is 0 Å². The van der Waals surface area contributed by atoms with E-state index in [0.29, 0.717) is 19.4 Å². The Morgan fingerprint density at radius 3 is 2.25 bits per heavy atom. The summed E-state index contributed by atoms with van der Waals surface area (Å²) >= 11 is 0. The Hall–Kier alpha value is -0.800. The number of nitrogens with one attached hydrogen (secondary N) is 1. The van der Waals surface area contributed by atoms with Crippen molar-refractivity contribution in [2.45, 2.75) is 32.2 Å². The lowest BCUT2D eigenvalue weighted by atomic mass is 10.0. The van der Waals surface area contributed by atoms with Crippen molar-refractivity contribution in [3.63, 3.8) is 0 Å². The van der Waals surface area contributed by atoms with Crippen LogP contribution in [0, 0.1) is 5.92 Å². The molecule has 0 aromatic rings. The lowest BCUT2D eigenvalue weighted by Gasteiger charge is -2.13. The van der Waals surface area contributed by atoms with Crippen molar-refractivity contribution in [2.24, 2.45) is 11.7 Å². The van der Waals surface area contributed by atoms with Crippen LogP contribution < -0.4 is 11.1 Å². The quantitative estimate of drug-likeness (QED) is 0.644. The Balaban J connectivity index is 0. The van der Waals surface area contributed by atoms with Gasteiger partial charge in [-0.05, 0) is 26.2 Å². The van der Waals surface area contributed by atoms with Gasteiger partial charge in [-0.3, -0.25) is 4.79 Å². The SMILES string of the molecule is C=CCC(CC=C)C(=O)NCCC(C)N.Cl. The van der Waals surface area contributed by atoms with Crippen molar-refractivity contribution < 1.29 is 4.79 Å². The molecule has 0 radical (unpaired) electrons. The summed E-state index contributed by atoms with van der Waals surface area (Å²) in [6.45, 7) is 9.85. The van der Waals surface area contributed by atoms with E-state index in [9.17, 15) is 4.79 Å². The molecule has 3 N–H and O–H groups in total. The molecule has 0 aliphatic carbocycles. The van der Waals surface area contributed by atoms with E-state index in [1.807, 2.05) is 6.92 Å². The van der Waals surface area contributed by atoms with Crippen LogP contribution in [0.4, 0.5) is 0 Å². The molecule has 1 amide bonds. The van der Waals surface area contributed by atoms with Crippen LogP contribution in [0.2, 0.25) is 0 Å². The van der Waals surface area contributed by atoms with Gasteiger partial charge in [-0.2, -0.15) is 0 Å². The Kier molecular flexibility index (Phi) is 11.8. The fraction of sp³-hybridized carbons (Fsp3) is 0.583. The zero-order chi connectivity index (χ0) is 11.7. The predicted octanol–water partition coefficient (Wildman–Crippen LogP) is 2.03. The summed E-state index contributed by atoms with van der Waals surface area (Å²) in [5, 5.41) is 2.87. The number of carbonyl (C=O) groups excluding carboxylic acids is 1. The van der Waals surface area contributed by atoms with E-state index >= 15 is 0 Å². The lowest BCUT2D eigenvalue weighted by Crippen LogP contribution is -2.33. The molecule has 0 aromatic carbocycles. The van der Waals surface area contributed by atoms with Crippen molar-refractivity contribution in [3.8, 4) is 0 Å². The fourth-order valence-corrected chi connectivity index (χ4v) is 1.28. The molecular formula is C12H23ClN2O. The number of amides is 1. The normalized spacial score (nSPS) is 11.4. The van der Waals surface area contributed by atoms with Crippen molar-refractivity contribution in [3.05, 3.63) is 25.3 Å². The first-order valence-corrected chi connectivity index (χ1v) is 5.36. The molecule has 0 spiro atoms. The molecule has 0 aliphatic heterocycles. The van der Waals surface area contributed by atoms with Gasteiger partial charge in [-0.15, -0.1) is 25.6 Å². The fourth-order valence-electron chi connectivity index (χ4n) is 1.28. The van der Waals surface area contributed by atoms with Gasteiger partial charge in [0.25, 0.3) is 0 Å². The molecule has 3 nitrogen and oxygen atoms in total. The predicted molar refractivity (Wildman–Crippen MR) is 71.6 cm³/mol.